The smallest absolute Gasteiger partial charge is 0.200 e. The molecule has 42 heavy (non-hydrogen) atoms. The van der Waals surface area contributed by atoms with Crippen molar-refractivity contribution in [2.45, 2.75) is 6.10 Å². The zero-order chi connectivity index (χ0) is 28.2. The number of aliphatic hydroxyl groups is 1. The Morgan fingerprint density at radius 1 is 0.476 bits per heavy atom. The van der Waals surface area contributed by atoms with E-state index in [9.17, 15) is 9.90 Å². The van der Waals surface area contributed by atoms with E-state index in [1.165, 1.54) is 0 Å². The molecule has 0 bridgehead atoms. The molecule has 0 aliphatic carbocycles. The number of fused-ring (bicyclic) bond motifs is 4. The molecule has 0 radical (unpaired) electrons. The summed E-state index contributed by atoms with van der Waals surface area (Å²) in [5.41, 5.74) is 8.92. The van der Waals surface area contributed by atoms with Crippen molar-refractivity contribution >= 4 is 21.9 Å². The molecule has 6 aromatic carbocycles. The molecule has 1 aliphatic rings. The maximum absolute atomic E-state index is 13.0. The maximum Gasteiger partial charge on any atom is 0.200 e. The van der Waals surface area contributed by atoms with Gasteiger partial charge in [-0.05, 0) is 81.9 Å². The molecule has 8 rings (SSSR count). The predicted molar refractivity (Wildman–Crippen MR) is 167 cm³/mol. The second-order valence-electron chi connectivity index (χ2n) is 10.6. The lowest BCUT2D eigenvalue weighted by Crippen LogP contribution is -2.09. The quantitative estimate of drug-likeness (QED) is 0.225. The Morgan fingerprint density at radius 2 is 1.05 bits per heavy atom. The lowest BCUT2D eigenvalue weighted by atomic mass is 9.93. The third kappa shape index (κ3) is 4.00. The van der Waals surface area contributed by atoms with Crippen LogP contribution in [-0.2, 0) is 0 Å². The highest BCUT2D eigenvalue weighted by atomic mass is 16.5. The first-order valence-electron chi connectivity index (χ1n) is 13.9. The molecule has 200 valence electrons. The fourth-order valence-corrected chi connectivity index (χ4v) is 5.85. The molecule has 0 spiro atoms. The number of hydrogen-bond acceptors (Lipinski definition) is 4. The first-order chi connectivity index (χ1) is 20.6. The van der Waals surface area contributed by atoms with Gasteiger partial charge in [0.2, 0.25) is 5.43 Å². The van der Waals surface area contributed by atoms with Gasteiger partial charge in [0.15, 0.2) is 0 Å². The van der Waals surface area contributed by atoms with Crippen LogP contribution in [0.5, 0.6) is 11.5 Å². The van der Waals surface area contributed by atoms with E-state index < -0.39 is 6.10 Å². The van der Waals surface area contributed by atoms with E-state index in [-0.39, 0.29) is 5.43 Å². The van der Waals surface area contributed by atoms with Crippen LogP contribution in [0.4, 0.5) is 0 Å². The molecule has 0 amide bonds. The van der Waals surface area contributed by atoms with Gasteiger partial charge in [-0.2, -0.15) is 0 Å². The summed E-state index contributed by atoms with van der Waals surface area (Å²) >= 11 is 0. The second-order valence-corrected chi connectivity index (χ2v) is 10.6. The van der Waals surface area contributed by atoms with Gasteiger partial charge in [-0.1, -0.05) is 84.9 Å². The Bertz CT molecular complexity index is 2230. The molecule has 7 aromatic rings. The summed E-state index contributed by atoms with van der Waals surface area (Å²) in [5, 5.41) is 12.1. The average molecular weight is 545 g/mol. The summed E-state index contributed by atoms with van der Waals surface area (Å²) in [6.45, 7) is 0. The summed E-state index contributed by atoms with van der Waals surface area (Å²) in [6.07, 6.45) is -0.713. The Balaban J connectivity index is 1.15. The number of ether oxygens (including phenoxy) is 1. The van der Waals surface area contributed by atoms with Gasteiger partial charge >= 0.3 is 0 Å². The van der Waals surface area contributed by atoms with E-state index in [0.29, 0.717) is 33.4 Å². The molecule has 0 saturated heterocycles. The maximum atomic E-state index is 13.0. The monoisotopic (exact) mass is 544 g/mol. The van der Waals surface area contributed by atoms with Crippen molar-refractivity contribution in [3.05, 3.63) is 155 Å². The van der Waals surface area contributed by atoms with Gasteiger partial charge in [0.25, 0.3) is 0 Å². The number of aliphatic hydroxyl groups excluding tert-OH is 1. The third-order valence-corrected chi connectivity index (χ3v) is 8.04. The minimum absolute atomic E-state index is 0.0183. The Morgan fingerprint density at radius 3 is 1.81 bits per heavy atom. The normalized spacial score (nSPS) is 13.9. The van der Waals surface area contributed by atoms with Crippen molar-refractivity contribution in [1.29, 1.82) is 0 Å². The summed E-state index contributed by atoms with van der Waals surface area (Å²) in [4.78, 5) is 13.0. The van der Waals surface area contributed by atoms with Crippen molar-refractivity contribution in [2.75, 3.05) is 0 Å². The Hall–Kier alpha value is -5.45. The molecule has 1 aliphatic heterocycles. The van der Waals surface area contributed by atoms with Gasteiger partial charge in [-0.3, -0.25) is 4.79 Å². The molecule has 4 nitrogen and oxygen atoms in total. The Kier molecular flexibility index (Phi) is 5.56. The molecule has 1 atom stereocenters. The summed E-state index contributed by atoms with van der Waals surface area (Å²) in [7, 11) is 0. The first kappa shape index (κ1) is 24.4. The summed E-state index contributed by atoms with van der Waals surface area (Å²) in [6, 6.07) is 43.4. The van der Waals surface area contributed by atoms with Gasteiger partial charge in [0, 0.05) is 11.1 Å². The number of hydrogen-bond donors (Lipinski definition) is 1. The number of rotatable bonds is 3. The van der Waals surface area contributed by atoms with Gasteiger partial charge in [-0.15, -0.1) is 0 Å². The topological polar surface area (TPSA) is 59.7 Å². The van der Waals surface area contributed by atoms with E-state index in [2.05, 4.69) is 42.5 Å². The largest absolute Gasteiger partial charge is 0.457 e. The van der Waals surface area contributed by atoms with E-state index in [1.54, 1.807) is 6.07 Å². The van der Waals surface area contributed by atoms with Crippen LogP contribution < -0.4 is 10.2 Å². The highest BCUT2D eigenvalue weighted by molar-refractivity contribution is 5.92. The molecule has 1 aromatic heterocycles. The van der Waals surface area contributed by atoms with E-state index in [4.69, 9.17) is 9.15 Å². The highest BCUT2D eigenvalue weighted by Gasteiger charge is 2.25. The minimum Gasteiger partial charge on any atom is -0.457 e. The average Bonchev–Trinajstić information content (AvgIpc) is 3.05. The number of para-hydroxylation sites is 2. The van der Waals surface area contributed by atoms with Crippen LogP contribution in [0.2, 0.25) is 0 Å². The summed E-state index contributed by atoms with van der Waals surface area (Å²) < 4.78 is 12.3. The van der Waals surface area contributed by atoms with E-state index >= 15 is 0 Å². The van der Waals surface area contributed by atoms with Crippen molar-refractivity contribution < 1.29 is 14.3 Å². The van der Waals surface area contributed by atoms with Crippen LogP contribution in [0.25, 0.3) is 55.3 Å². The molecule has 1 unspecified atom stereocenters. The van der Waals surface area contributed by atoms with Crippen molar-refractivity contribution in [3.63, 3.8) is 0 Å². The molecule has 1 N–H and O–H groups in total. The highest BCUT2D eigenvalue weighted by Crippen LogP contribution is 2.44. The molecule has 0 fully saturated rings. The standard InChI is InChI=1S/C38H24O4/c39-37-29-11-1-3-13-33(29)41-35-21-27(15-17-31(35)37)25-9-5-7-23(19-25)24-8-6-10-26(20-24)28-16-18-32-36(22-28)42-34-14-4-2-12-30(34)38(32)40/h1-22,37,39H. The molecule has 0 saturated carbocycles. The van der Waals surface area contributed by atoms with Gasteiger partial charge in [-0.25, -0.2) is 0 Å². The SMILES string of the molecule is O=c1c2ccccc2oc2cc(-c3cccc(-c4cccc(-c5ccc6c(c5)Oc5ccccc5C6O)c4)c3)ccc12. The van der Waals surface area contributed by atoms with Crippen LogP contribution in [-0.4, -0.2) is 5.11 Å². The van der Waals surface area contributed by atoms with Crippen LogP contribution in [0.1, 0.15) is 17.2 Å². The van der Waals surface area contributed by atoms with E-state index in [1.807, 2.05) is 84.9 Å². The fraction of sp³-hybridized carbons (Fsp3) is 0.0263. The van der Waals surface area contributed by atoms with Crippen molar-refractivity contribution in [1.82, 2.24) is 0 Å². The van der Waals surface area contributed by atoms with Gasteiger partial charge in [0.05, 0.1) is 10.8 Å². The second kappa shape index (κ2) is 9.58. The molecule has 2 heterocycles. The predicted octanol–water partition coefficient (Wildman–Crippen LogP) is 9.13. The minimum atomic E-state index is -0.713. The first-order valence-corrected chi connectivity index (χ1v) is 13.9. The number of benzene rings is 6. The third-order valence-electron chi connectivity index (χ3n) is 8.04. The van der Waals surface area contributed by atoms with Gasteiger partial charge < -0.3 is 14.3 Å². The molecule has 4 heteroatoms. The van der Waals surface area contributed by atoms with E-state index in [0.717, 1.165) is 44.5 Å². The molecular formula is C38H24O4. The van der Waals surface area contributed by atoms with Crippen LogP contribution >= 0.6 is 0 Å². The van der Waals surface area contributed by atoms with Crippen molar-refractivity contribution in [2.24, 2.45) is 0 Å². The van der Waals surface area contributed by atoms with Crippen LogP contribution in [0.3, 0.4) is 0 Å². The summed E-state index contributed by atoms with van der Waals surface area (Å²) in [5.74, 6) is 1.35. The van der Waals surface area contributed by atoms with Gasteiger partial charge in [0.1, 0.15) is 28.8 Å². The Labute approximate surface area is 241 Å². The lowest BCUT2D eigenvalue weighted by molar-refractivity contribution is 0.203. The van der Waals surface area contributed by atoms with Crippen LogP contribution in [0, 0.1) is 0 Å². The lowest BCUT2D eigenvalue weighted by Gasteiger charge is -2.25. The molecular weight excluding hydrogens is 520 g/mol. The zero-order valence-electron chi connectivity index (χ0n) is 22.5. The zero-order valence-corrected chi connectivity index (χ0v) is 22.5. The van der Waals surface area contributed by atoms with Crippen molar-refractivity contribution in [3.8, 4) is 44.9 Å². The van der Waals surface area contributed by atoms with Crippen LogP contribution in [0.15, 0.2) is 143 Å². The fourth-order valence-electron chi connectivity index (χ4n) is 5.85.